The number of carbonyl (C=O) groups excluding carboxylic acids is 1. The number of pyridine rings is 2. The Balaban J connectivity index is 1.58. The van der Waals surface area contributed by atoms with Gasteiger partial charge in [-0.25, -0.2) is 23.5 Å². The number of anilines is 4. The van der Waals surface area contributed by atoms with Crippen LogP contribution in [0, 0.1) is 23.0 Å². The summed E-state index contributed by atoms with van der Waals surface area (Å²) in [6.45, 7) is 9.05. The topological polar surface area (TPSA) is 124 Å². The summed E-state index contributed by atoms with van der Waals surface area (Å²) in [6, 6.07) is 6.78. The first-order chi connectivity index (χ1) is 19.0. The lowest BCUT2D eigenvalue weighted by Crippen LogP contribution is -2.42. The molecule has 0 aliphatic carbocycles. The van der Waals surface area contributed by atoms with Gasteiger partial charge >= 0.3 is 6.09 Å². The number of nitriles is 1. The molecule has 0 unspecified atom stereocenters. The van der Waals surface area contributed by atoms with Crippen LogP contribution in [0.2, 0.25) is 0 Å². The highest BCUT2D eigenvalue weighted by atomic mass is 32.1. The maximum Gasteiger partial charge on any atom is 0.407 e. The summed E-state index contributed by atoms with van der Waals surface area (Å²) in [7, 11) is 0. The minimum atomic E-state index is -0.764. The number of aromatic nitrogens is 2. The summed E-state index contributed by atoms with van der Waals surface area (Å²) in [5.74, 6) is -1.25. The fourth-order valence-corrected chi connectivity index (χ4v) is 4.93. The van der Waals surface area contributed by atoms with Crippen molar-refractivity contribution in [3.63, 3.8) is 0 Å². The van der Waals surface area contributed by atoms with Crippen molar-refractivity contribution in [3.8, 4) is 6.07 Å². The predicted molar refractivity (Wildman–Crippen MR) is 149 cm³/mol. The summed E-state index contributed by atoms with van der Waals surface area (Å²) in [5.41, 5.74) is -0.523. The Morgan fingerprint density at radius 3 is 2.60 bits per heavy atom. The minimum absolute atomic E-state index is 0.0180. The van der Waals surface area contributed by atoms with Crippen molar-refractivity contribution in [2.45, 2.75) is 45.4 Å². The van der Waals surface area contributed by atoms with Crippen LogP contribution in [0.5, 0.6) is 0 Å². The van der Waals surface area contributed by atoms with Crippen LogP contribution in [0.3, 0.4) is 0 Å². The molecule has 0 aromatic carbocycles. The quantitative estimate of drug-likeness (QED) is 0.329. The van der Waals surface area contributed by atoms with E-state index in [1.165, 1.54) is 23.6 Å². The normalized spacial score (nSPS) is 15.1. The molecular weight excluding hydrogens is 540 g/mol. The van der Waals surface area contributed by atoms with E-state index in [2.05, 4.69) is 25.9 Å². The molecule has 3 N–H and O–H groups in total. The van der Waals surface area contributed by atoms with Gasteiger partial charge in [-0.3, -0.25) is 0 Å². The van der Waals surface area contributed by atoms with Crippen molar-refractivity contribution in [1.29, 1.82) is 5.26 Å². The van der Waals surface area contributed by atoms with Crippen LogP contribution in [0.1, 0.15) is 44.2 Å². The molecule has 1 fully saturated rings. The summed E-state index contributed by atoms with van der Waals surface area (Å²) in [5, 5.41) is 20.2. The molecule has 1 saturated heterocycles. The predicted octanol–water partition coefficient (Wildman–Crippen LogP) is 5.33. The zero-order chi connectivity index (χ0) is 28.9. The van der Waals surface area contributed by atoms with Crippen LogP contribution in [0.15, 0.2) is 35.8 Å². The van der Waals surface area contributed by atoms with Crippen LogP contribution in [0.25, 0.3) is 0 Å². The number of morpholine rings is 1. The Morgan fingerprint density at radius 2 is 1.98 bits per heavy atom. The zero-order valence-corrected chi connectivity index (χ0v) is 23.4. The van der Waals surface area contributed by atoms with Crippen LogP contribution in [0.4, 0.5) is 36.7 Å². The second kappa shape index (κ2) is 12.4. The molecule has 1 amide bonds. The minimum Gasteiger partial charge on any atom is -0.444 e. The third-order valence-electron chi connectivity index (χ3n) is 5.88. The lowest BCUT2D eigenvalue weighted by Gasteiger charge is -2.28. The van der Waals surface area contributed by atoms with Crippen LogP contribution >= 0.6 is 11.3 Å². The van der Waals surface area contributed by atoms with E-state index in [-0.39, 0.29) is 28.7 Å². The average Bonchev–Trinajstić information content (AvgIpc) is 3.42. The third-order valence-corrected chi connectivity index (χ3v) is 6.83. The van der Waals surface area contributed by atoms with Crippen LogP contribution in [-0.4, -0.2) is 54.0 Å². The Labute approximate surface area is 235 Å². The number of rotatable bonds is 8. The summed E-state index contributed by atoms with van der Waals surface area (Å²) in [6.07, 6.45) is 0.808. The van der Waals surface area contributed by atoms with E-state index < -0.39 is 35.4 Å². The maximum absolute atomic E-state index is 15.1. The Kier molecular flexibility index (Phi) is 9.01. The zero-order valence-electron chi connectivity index (χ0n) is 22.6. The highest BCUT2D eigenvalue weighted by Gasteiger charge is 2.27. The van der Waals surface area contributed by atoms with Gasteiger partial charge in [0.25, 0.3) is 0 Å². The number of nitrogens with zero attached hydrogens (tertiary/aromatic N) is 4. The van der Waals surface area contributed by atoms with E-state index in [0.29, 0.717) is 26.3 Å². The first-order valence-electron chi connectivity index (χ1n) is 12.7. The van der Waals surface area contributed by atoms with Crippen molar-refractivity contribution in [2.75, 3.05) is 41.8 Å². The number of ether oxygens (including phenoxy) is 2. The summed E-state index contributed by atoms with van der Waals surface area (Å²) < 4.78 is 40.7. The van der Waals surface area contributed by atoms with E-state index in [1.807, 2.05) is 23.6 Å². The fourth-order valence-electron chi connectivity index (χ4n) is 4.05. The second-order valence-corrected chi connectivity index (χ2v) is 11.1. The number of thiophene rings is 1. The van der Waals surface area contributed by atoms with Gasteiger partial charge < -0.3 is 30.3 Å². The molecule has 0 spiro atoms. The number of nitrogens with one attached hydrogen (secondary N) is 3. The largest absolute Gasteiger partial charge is 0.444 e. The lowest BCUT2D eigenvalue weighted by molar-refractivity contribution is 0.0503. The van der Waals surface area contributed by atoms with Gasteiger partial charge in [-0.05, 0) is 45.2 Å². The van der Waals surface area contributed by atoms with Crippen LogP contribution in [-0.2, 0) is 9.47 Å². The van der Waals surface area contributed by atoms with Gasteiger partial charge in [-0.2, -0.15) is 5.26 Å². The first kappa shape index (κ1) is 29.0. The molecule has 3 aromatic heterocycles. The van der Waals surface area contributed by atoms with Gasteiger partial charge in [-0.15, -0.1) is 11.3 Å². The average molecular weight is 572 g/mol. The van der Waals surface area contributed by atoms with Gasteiger partial charge in [0, 0.05) is 24.0 Å². The molecule has 212 valence electrons. The van der Waals surface area contributed by atoms with Crippen molar-refractivity contribution in [3.05, 3.63) is 57.9 Å². The number of alkyl carbamates (subject to hydrolysis) is 1. The van der Waals surface area contributed by atoms with Crippen molar-refractivity contribution < 1.29 is 23.0 Å². The van der Waals surface area contributed by atoms with E-state index in [9.17, 15) is 14.4 Å². The summed E-state index contributed by atoms with van der Waals surface area (Å²) >= 11 is 1.42. The van der Waals surface area contributed by atoms with Gasteiger partial charge in [0.2, 0.25) is 0 Å². The van der Waals surface area contributed by atoms with E-state index in [1.54, 1.807) is 32.6 Å². The number of amides is 1. The first-order valence-corrected chi connectivity index (χ1v) is 13.6. The third kappa shape index (κ3) is 7.34. The smallest absolute Gasteiger partial charge is 0.407 e. The van der Waals surface area contributed by atoms with Gasteiger partial charge in [0.1, 0.15) is 11.7 Å². The molecule has 1 aliphatic heterocycles. The lowest BCUT2D eigenvalue weighted by atomic mass is 10.1. The molecule has 0 bridgehead atoms. The van der Waals surface area contributed by atoms with E-state index in [0.717, 1.165) is 10.9 Å². The molecule has 3 aromatic rings. The highest BCUT2D eigenvalue weighted by molar-refractivity contribution is 7.10. The molecule has 4 heterocycles. The van der Waals surface area contributed by atoms with Gasteiger partial charge in [-0.1, -0.05) is 6.07 Å². The highest BCUT2D eigenvalue weighted by Crippen LogP contribution is 2.30. The van der Waals surface area contributed by atoms with Gasteiger partial charge in [0.15, 0.2) is 29.1 Å². The molecule has 0 radical (unpaired) electrons. The molecule has 1 aliphatic rings. The van der Waals surface area contributed by atoms with Crippen molar-refractivity contribution in [2.24, 2.45) is 0 Å². The Hall–Kier alpha value is -4.02. The van der Waals surface area contributed by atoms with E-state index in [4.69, 9.17) is 9.47 Å². The van der Waals surface area contributed by atoms with Gasteiger partial charge in [0.05, 0.1) is 42.7 Å². The molecule has 2 atom stereocenters. The fraction of sp³-hybridized carbons (Fsp3) is 0.407. The molecule has 13 heteroatoms. The second-order valence-electron chi connectivity index (χ2n) is 10.2. The Morgan fingerprint density at radius 1 is 1.23 bits per heavy atom. The number of hydrogen-bond acceptors (Lipinski definition) is 10. The molecule has 0 saturated carbocycles. The number of carbonyl (C=O) groups is 1. The standard InChI is InChI=1S/C27H31F2N7O3S/c1-16(32-26(37)39-27(2,3)4)22(21-6-5-11-40-21)34-24-19(28)12-17(14-30)23(35-24)33-18-13-20(29)25(31-15-18)36-7-9-38-10-8-36/h5-6,11-13,15-16,22H,7-10H2,1-4H3,(H,32,37)(H2,33,34,35)/t16-,22-/m0/s1. The molecule has 10 nitrogen and oxygen atoms in total. The molecular formula is C27H31F2N7O3S. The molecule has 40 heavy (non-hydrogen) atoms. The Bertz CT molecular complexity index is 1370. The summed E-state index contributed by atoms with van der Waals surface area (Å²) in [4.78, 5) is 23.6. The monoisotopic (exact) mass is 571 g/mol. The van der Waals surface area contributed by atoms with Crippen molar-refractivity contribution >= 4 is 40.6 Å². The van der Waals surface area contributed by atoms with Crippen molar-refractivity contribution in [1.82, 2.24) is 15.3 Å². The maximum atomic E-state index is 15.1. The molecule has 4 rings (SSSR count). The number of halogens is 2. The van der Waals surface area contributed by atoms with E-state index >= 15 is 4.39 Å². The van der Waals surface area contributed by atoms with Crippen LogP contribution < -0.4 is 20.9 Å². The SMILES string of the molecule is C[C@H](NC(=O)OC(C)(C)C)[C@H](Nc1nc(Nc2cnc(N3CCOCC3)c(F)c2)c(C#N)cc1F)c1cccs1. The number of hydrogen-bond donors (Lipinski definition) is 3.